The molecule has 2 aromatic rings. The van der Waals surface area contributed by atoms with Crippen LogP contribution in [0.1, 0.15) is 36.2 Å². The van der Waals surface area contributed by atoms with Crippen LogP contribution in [0.2, 0.25) is 0 Å². The number of ether oxygens (including phenoxy) is 2. The van der Waals surface area contributed by atoms with Crippen LogP contribution in [-0.2, 0) is 0 Å². The maximum absolute atomic E-state index is 13.1. The number of rotatable bonds is 4. The number of methoxy groups -OCH3 is 1. The van der Waals surface area contributed by atoms with Crippen LogP contribution in [0, 0.1) is 0 Å². The van der Waals surface area contributed by atoms with Crippen molar-refractivity contribution in [1.29, 1.82) is 0 Å². The number of hydrogen-bond donors (Lipinski definition) is 0. The zero-order valence-corrected chi connectivity index (χ0v) is 14.9. The van der Waals surface area contributed by atoms with Crippen molar-refractivity contribution >= 4 is 17.7 Å². The highest BCUT2D eigenvalue weighted by Crippen LogP contribution is 2.38. The molecule has 130 valence electrons. The Labute approximate surface area is 148 Å². The molecule has 0 radical (unpaired) electrons. The molecule has 0 spiro atoms. The Bertz CT molecular complexity index is 780. The van der Waals surface area contributed by atoms with E-state index in [4.69, 9.17) is 9.47 Å². The predicted molar refractivity (Wildman–Crippen MR) is 101 cm³/mol. The van der Waals surface area contributed by atoms with Crippen molar-refractivity contribution < 1.29 is 14.3 Å². The summed E-state index contributed by atoms with van der Waals surface area (Å²) in [6, 6.07) is 13.1. The molecule has 0 saturated carbocycles. The summed E-state index contributed by atoms with van der Waals surface area (Å²) in [6.45, 7) is 4.59. The third-order valence-corrected chi connectivity index (χ3v) is 4.37. The predicted octanol–water partition coefficient (Wildman–Crippen LogP) is 4.55. The van der Waals surface area contributed by atoms with E-state index in [-0.39, 0.29) is 12.0 Å². The lowest BCUT2D eigenvalue weighted by atomic mass is 10.1. The van der Waals surface area contributed by atoms with Crippen molar-refractivity contribution in [3.63, 3.8) is 0 Å². The maximum Gasteiger partial charge on any atom is 0.258 e. The van der Waals surface area contributed by atoms with Crippen molar-refractivity contribution in [2.75, 3.05) is 18.6 Å². The molecular formula is C21H23NO3. The second-order valence-corrected chi connectivity index (χ2v) is 5.99. The van der Waals surface area contributed by atoms with E-state index in [9.17, 15) is 4.79 Å². The molecule has 1 aliphatic rings. The third kappa shape index (κ3) is 3.38. The smallest absolute Gasteiger partial charge is 0.258 e. The van der Waals surface area contributed by atoms with Crippen LogP contribution < -0.4 is 14.4 Å². The van der Waals surface area contributed by atoms with Gasteiger partial charge in [0.05, 0.1) is 19.3 Å². The quantitative estimate of drug-likeness (QED) is 0.822. The number of carbonyl (C=O) groups is 1. The van der Waals surface area contributed by atoms with E-state index in [1.165, 1.54) is 0 Å². The van der Waals surface area contributed by atoms with Crippen LogP contribution in [0.4, 0.5) is 5.69 Å². The Hall–Kier alpha value is -2.75. The van der Waals surface area contributed by atoms with Crippen molar-refractivity contribution in [3.8, 4) is 11.5 Å². The molecule has 0 bridgehead atoms. The zero-order valence-electron chi connectivity index (χ0n) is 14.9. The number of para-hydroxylation sites is 1. The highest BCUT2D eigenvalue weighted by atomic mass is 16.5. The van der Waals surface area contributed by atoms with Crippen LogP contribution in [0.15, 0.2) is 48.5 Å². The standard InChI is InChI=1S/C21H23NO3/c1-4-7-15-8-6-9-19-20(15)25-17(5-2)14-22(19)21(23)16-10-12-18(24-3)13-11-16/h4,6-13,17H,5,14H2,1-3H3. The molecule has 3 rings (SSSR count). The molecule has 0 saturated heterocycles. The number of nitrogens with zero attached hydrogens (tertiary/aromatic N) is 1. The monoisotopic (exact) mass is 337 g/mol. The van der Waals surface area contributed by atoms with Gasteiger partial charge in [0.15, 0.2) is 5.75 Å². The van der Waals surface area contributed by atoms with Gasteiger partial charge >= 0.3 is 0 Å². The van der Waals surface area contributed by atoms with E-state index < -0.39 is 0 Å². The number of benzene rings is 2. The molecule has 0 fully saturated rings. The zero-order chi connectivity index (χ0) is 17.8. The first kappa shape index (κ1) is 17.1. The Morgan fingerprint density at radius 3 is 2.68 bits per heavy atom. The van der Waals surface area contributed by atoms with Gasteiger partial charge in [0.2, 0.25) is 0 Å². The molecule has 1 unspecified atom stereocenters. The fraction of sp³-hybridized carbons (Fsp3) is 0.286. The van der Waals surface area contributed by atoms with E-state index in [1.807, 2.05) is 54.3 Å². The fourth-order valence-corrected chi connectivity index (χ4v) is 2.99. The minimum absolute atomic E-state index is 0.0129. The lowest BCUT2D eigenvalue weighted by Crippen LogP contribution is -2.43. The highest BCUT2D eigenvalue weighted by Gasteiger charge is 2.30. The van der Waals surface area contributed by atoms with Gasteiger partial charge in [-0.1, -0.05) is 31.2 Å². The molecule has 2 aromatic carbocycles. The van der Waals surface area contributed by atoms with E-state index in [1.54, 1.807) is 19.2 Å². The molecule has 0 aliphatic carbocycles. The molecule has 25 heavy (non-hydrogen) atoms. The van der Waals surface area contributed by atoms with Crippen LogP contribution in [0.3, 0.4) is 0 Å². The second-order valence-electron chi connectivity index (χ2n) is 5.99. The van der Waals surface area contributed by atoms with Gasteiger partial charge < -0.3 is 14.4 Å². The van der Waals surface area contributed by atoms with Gasteiger partial charge in [-0.15, -0.1) is 0 Å². The molecule has 1 aliphatic heterocycles. The molecule has 0 aromatic heterocycles. The van der Waals surface area contributed by atoms with Crippen LogP contribution >= 0.6 is 0 Å². The minimum Gasteiger partial charge on any atom is -0.497 e. The normalized spacial score (nSPS) is 16.4. The Kier molecular flexibility index (Phi) is 5.08. The van der Waals surface area contributed by atoms with Gasteiger partial charge in [-0.2, -0.15) is 0 Å². The number of allylic oxidation sites excluding steroid dienone is 1. The molecular weight excluding hydrogens is 314 g/mol. The Balaban J connectivity index is 2.01. The number of amides is 1. The topological polar surface area (TPSA) is 38.8 Å². The first-order valence-corrected chi connectivity index (χ1v) is 8.56. The Morgan fingerprint density at radius 1 is 1.28 bits per heavy atom. The summed E-state index contributed by atoms with van der Waals surface area (Å²) < 4.78 is 11.3. The lowest BCUT2D eigenvalue weighted by Gasteiger charge is -2.35. The summed E-state index contributed by atoms with van der Waals surface area (Å²) in [7, 11) is 1.61. The summed E-state index contributed by atoms with van der Waals surface area (Å²) in [5.41, 5.74) is 2.45. The summed E-state index contributed by atoms with van der Waals surface area (Å²) >= 11 is 0. The number of fused-ring (bicyclic) bond motifs is 1. The highest BCUT2D eigenvalue weighted by molar-refractivity contribution is 6.07. The van der Waals surface area contributed by atoms with Gasteiger partial charge in [-0.3, -0.25) is 4.79 Å². The van der Waals surface area contributed by atoms with Gasteiger partial charge in [0.1, 0.15) is 11.9 Å². The average Bonchev–Trinajstić information content (AvgIpc) is 2.67. The second kappa shape index (κ2) is 7.43. The lowest BCUT2D eigenvalue weighted by molar-refractivity contribution is 0.0954. The molecule has 4 heteroatoms. The fourth-order valence-electron chi connectivity index (χ4n) is 2.99. The van der Waals surface area contributed by atoms with Crippen molar-refractivity contribution in [3.05, 3.63) is 59.7 Å². The van der Waals surface area contributed by atoms with Crippen molar-refractivity contribution in [2.45, 2.75) is 26.4 Å². The largest absolute Gasteiger partial charge is 0.497 e. The van der Waals surface area contributed by atoms with Crippen molar-refractivity contribution in [2.24, 2.45) is 0 Å². The SMILES string of the molecule is CC=Cc1cccc2c1OC(CC)CN2C(=O)c1ccc(OC)cc1. The Morgan fingerprint density at radius 2 is 2.04 bits per heavy atom. The van der Waals surface area contributed by atoms with Crippen molar-refractivity contribution in [1.82, 2.24) is 0 Å². The summed E-state index contributed by atoms with van der Waals surface area (Å²) in [6.07, 6.45) is 4.81. The van der Waals surface area contributed by atoms with Crippen LogP contribution in [0.5, 0.6) is 11.5 Å². The van der Waals surface area contributed by atoms with E-state index in [0.29, 0.717) is 12.1 Å². The molecule has 1 atom stereocenters. The molecule has 1 heterocycles. The van der Waals surface area contributed by atoms with E-state index in [2.05, 4.69) is 6.92 Å². The van der Waals surface area contributed by atoms with Gasteiger partial charge in [0, 0.05) is 11.1 Å². The molecule has 0 N–H and O–H groups in total. The van der Waals surface area contributed by atoms with Gasteiger partial charge in [-0.25, -0.2) is 0 Å². The van der Waals surface area contributed by atoms with Gasteiger partial charge in [0.25, 0.3) is 5.91 Å². The van der Waals surface area contributed by atoms with E-state index >= 15 is 0 Å². The third-order valence-electron chi connectivity index (χ3n) is 4.37. The maximum atomic E-state index is 13.1. The number of carbonyl (C=O) groups excluding carboxylic acids is 1. The average molecular weight is 337 g/mol. The van der Waals surface area contributed by atoms with E-state index in [0.717, 1.165) is 29.2 Å². The molecule has 4 nitrogen and oxygen atoms in total. The van der Waals surface area contributed by atoms with Crippen LogP contribution in [0.25, 0.3) is 6.08 Å². The number of anilines is 1. The summed E-state index contributed by atoms with van der Waals surface area (Å²) in [5.74, 6) is 1.49. The first-order chi connectivity index (χ1) is 12.2. The molecule has 1 amide bonds. The summed E-state index contributed by atoms with van der Waals surface area (Å²) in [4.78, 5) is 14.9. The number of hydrogen-bond acceptors (Lipinski definition) is 3. The van der Waals surface area contributed by atoms with Crippen LogP contribution in [-0.4, -0.2) is 25.7 Å². The van der Waals surface area contributed by atoms with Gasteiger partial charge in [-0.05, 0) is 43.7 Å². The minimum atomic E-state index is -0.0247. The first-order valence-electron chi connectivity index (χ1n) is 8.56. The summed E-state index contributed by atoms with van der Waals surface area (Å²) in [5, 5.41) is 0.